The molecule has 0 aliphatic rings. The Hall–Kier alpha value is -1.98. The Labute approximate surface area is 73.0 Å². The second kappa shape index (κ2) is 3.61. The Balaban J connectivity index is 3.08. The highest BCUT2D eigenvalue weighted by Gasteiger charge is 2.00. The van der Waals surface area contributed by atoms with E-state index in [4.69, 9.17) is 0 Å². The molecule has 0 aliphatic carbocycles. The highest BCUT2D eigenvalue weighted by atomic mass is 16.2. The summed E-state index contributed by atoms with van der Waals surface area (Å²) in [4.78, 5) is 37.6. The van der Waals surface area contributed by atoms with Crippen LogP contribution in [0.3, 0.4) is 0 Å². The molecule has 1 amide bonds. The molecule has 0 aliphatic heterocycles. The molecule has 1 heterocycles. The van der Waals surface area contributed by atoms with Crippen molar-refractivity contribution < 1.29 is 9.59 Å². The van der Waals surface area contributed by atoms with Gasteiger partial charge in [-0.15, -0.1) is 0 Å². The first-order valence-corrected chi connectivity index (χ1v) is 3.46. The lowest BCUT2D eigenvalue weighted by Gasteiger charge is -1.99. The Morgan fingerprint density at radius 3 is 2.92 bits per heavy atom. The number of aromatic nitrogens is 2. The number of nitrogens with one attached hydrogen (secondary N) is 2. The van der Waals surface area contributed by atoms with Gasteiger partial charge in [0.15, 0.2) is 6.29 Å². The number of anilines is 1. The van der Waals surface area contributed by atoms with Crippen LogP contribution in [0.25, 0.3) is 0 Å². The van der Waals surface area contributed by atoms with E-state index in [0.717, 1.165) is 6.07 Å². The number of rotatable bonds is 2. The third-order valence-corrected chi connectivity index (χ3v) is 1.18. The van der Waals surface area contributed by atoms with Gasteiger partial charge in [0.25, 0.3) is 5.56 Å². The van der Waals surface area contributed by atoms with Crippen LogP contribution in [-0.4, -0.2) is 22.2 Å². The molecule has 0 saturated carbocycles. The van der Waals surface area contributed by atoms with E-state index in [2.05, 4.69) is 15.3 Å². The smallest absolute Gasteiger partial charge is 0.252 e. The average molecular weight is 181 g/mol. The number of H-pyrrole nitrogens is 1. The van der Waals surface area contributed by atoms with Gasteiger partial charge in [-0.05, 0) is 0 Å². The maximum Gasteiger partial charge on any atom is 0.252 e. The van der Waals surface area contributed by atoms with Crippen molar-refractivity contribution in [2.45, 2.75) is 6.92 Å². The molecule has 0 radical (unpaired) electrons. The van der Waals surface area contributed by atoms with Gasteiger partial charge in [0.05, 0.1) is 0 Å². The minimum Gasteiger partial charge on any atom is -0.296 e. The summed E-state index contributed by atoms with van der Waals surface area (Å²) in [7, 11) is 0. The minimum atomic E-state index is -0.485. The molecular formula is C7H7N3O3. The van der Waals surface area contributed by atoms with Crippen LogP contribution >= 0.6 is 0 Å². The minimum absolute atomic E-state index is 0.0208. The summed E-state index contributed by atoms with van der Waals surface area (Å²) in [6.45, 7) is 1.27. The first-order chi connectivity index (χ1) is 6.11. The summed E-state index contributed by atoms with van der Waals surface area (Å²) < 4.78 is 0. The molecule has 0 aromatic carbocycles. The number of carbonyl (C=O) groups excluding carboxylic acids is 2. The Morgan fingerprint density at radius 2 is 2.38 bits per heavy atom. The van der Waals surface area contributed by atoms with Crippen LogP contribution in [0.4, 0.5) is 5.95 Å². The van der Waals surface area contributed by atoms with Crippen molar-refractivity contribution >= 4 is 18.1 Å². The fraction of sp³-hybridized carbons (Fsp3) is 0.143. The third kappa shape index (κ3) is 2.51. The molecule has 6 heteroatoms. The molecule has 2 N–H and O–H groups in total. The van der Waals surface area contributed by atoms with E-state index in [1.165, 1.54) is 6.92 Å². The lowest BCUT2D eigenvalue weighted by Crippen LogP contribution is -2.16. The molecule has 0 fully saturated rings. The van der Waals surface area contributed by atoms with Gasteiger partial charge in [-0.25, -0.2) is 4.98 Å². The Bertz CT molecular complexity index is 396. The van der Waals surface area contributed by atoms with E-state index in [9.17, 15) is 14.4 Å². The van der Waals surface area contributed by atoms with E-state index in [0.29, 0.717) is 6.29 Å². The molecule has 1 aromatic rings. The molecule has 0 atom stereocenters. The van der Waals surface area contributed by atoms with Gasteiger partial charge < -0.3 is 0 Å². The summed E-state index contributed by atoms with van der Waals surface area (Å²) >= 11 is 0. The number of hydrogen-bond acceptors (Lipinski definition) is 4. The fourth-order valence-corrected chi connectivity index (χ4v) is 0.763. The largest absolute Gasteiger partial charge is 0.296 e. The second-order valence-corrected chi connectivity index (χ2v) is 2.32. The first-order valence-electron chi connectivity index (χ1n) is 3.46. The highest BCUT2D eigenvalue weighted by Crippen LogP contribution is 1.93. The number of nitrogens with zero attached hydrogens (tertiary/aromatic N) is 1. The lowest BCUT2D eigenvalue weighted by atomic mass is 10.4. The zero-order valence-corrected chi connectivity index (χ0v) is 6.83. The third-order valence-electron chi connectivity index (χ3n) is 1.18. The van der Waals surface area contributed by atoms with Crippen LogP contribution in [0.2, 0.25) is 0 Å². The number of aldehydes is 1. The number of aromatic amines is 1. The zero-order valence-electron chi connectivity index (χ0n) is 6.83. The molecule has 0 spiro atoms. The van der Waals surface area contributed by atoms with Crippen LogP contribution in [0, 0.1) is 0 Å². The lowest BCUT2D eigenvalue weighted by molar-refractivity contribution is -0.114. The average Bonchev–Trinajstić information content (AvgIpc) is 2.01. The molecule has 1 aromatic heterocycles. The topological polar surface area (TPSA) is 91.9 Å². The number of amides is 1. The number of carbonyl (C=O) groups is 2. The van der Waals surface area contributed by atoms with Gasteiger partial charge in [-0.1, -0.05) is 0 Å². The number of hydrogen-bond donors (Lipinski definition) is 2. The molecule has 68 valence electrons. The SMILES string of the molecule is CC(=O)Nc1nc(C=O)cc(=O)[nH]1. The second-order valence-electron chi connectivity index (χ2n) is 2.32. The Morgan fingerprint density at radius 1 is 1.69 bits per heavy atom. The van der Waals surface area contributed by atoms with Crippen molar-refractivity contribution in [3.8, 4) is 0 Å². The predicted octanol–water partition coefficient (Wildman–Crippen LogP) is -0.459. The van der Waals surface area contributed by atoms with Crippen molar-refractivity contribution in [1.82, 2.24) is 9.97 Å². The van der Waals surface area contributed by atoms with Crippen LogP contribution < -0.4 is 10.9 Å². The molecule has 6 nitrogen and oxygen atoms in total. The van der Waals surface area contributed by atoms with Gasteiger partial charge >= 0.3 is 0 Å². The van der Waals surface area contributed by atoms with E-state index < -0.39 is 5.56 Å². The monoisotopic (exact) mass is 181 g/mol. The predicted molar refractivity (Wildman–Crippen MR) is 44.5 cm³/mol. The Kier molecular flexibility index (Phi) is 2.53. The quantitative estimate of drug-likeness (QED) is 0.604. The highest BCUT2D eigenvalue weighted by molar-refractivity contribution is 5.87. The standard InChI is InChI=1S/C7H7N3O3/c1-4(12)8-7-9-5(3-11)2-6(13)10-7/h2-3H,1H3,(H2,8,9,10,12,13). The molecular weight excluding hydrogens is 174 g/mol. The molecule has 0 saturated heterocycles. The van der Waals surface area contributed by atoms with Gasteiger partial charge in [-0.2, -0.15) is 0 Å². The van der Waals surface area contributed by atoms with E-state index >= 15 is 0 Å². The maximum absolute atomic E-state index is 10.8. The molecule has 13 heavy (non-hydrogen) atoms. The first kappa shape index (κ1) is 9.11. The van der Waals surface area contributed by atoms with E-state index in [1.54, 1.807) is 0 Å². The van der Waals surface area contributed by atoms with Gasteiger partial charge in [0, 0.05) is 13.0 Å². The van der Waals surface area contributed by atoms with E-state index in [1.807, 2.05) is 0 Å². The fourth-order valence-electron chi connectivity index (χ4n) is 0.763. The molecule has 0 unspecified atom stereocenters. The molecule has 1 rings (SSSR count). The van der Waals surface area contributed by atoms with Gasteiger partial charge in [0.1, 0.15) is 5.69 Å². The summed E-state index contributed by atoms with van der Waals surface area (Å²) in [5.74, 6) is -0.395. The van der Waals surface area contributed by atoms with Crippen LogP contribution in [-0.2, 0) is 4.79 Å². The molecule has 0 bridgehead atoms. The van der Waals surface area contributed by atoms with Crippen molar-refractivity contribution in [1.29, 1.82) is 0 Å². The van der Waals surface area contributed by atoms with Crippen molar-refractivity contribution in [3.05, 3.63) is 22.1 Å². The van der Waals surface area contributed by atoms with Crippen molar-refractivity contribution in [2.24, 2.45) is 0 Å². The summed E-state index contributed by atoms with van der Waals surface area (Å²) in [6.07, 6.45) is 0.431. The normalized spacial score (nSPS) is 9.31. The van der Waals surface area contributed by atoms with Crippen molar-refractivity contribution in [2.75, 3.05) is 5.32 Å². The van der Waals surface area contributed by atoms with Crippen molar-refractivity contribution in [3.63, 3.8) is 0 Å². The maximum atomic E-state index is 10.8. The summed E-state index contributed by atoms with van der Waals surface area (Å²) in [5.41, 5.74) is -0.506. The van der Waals surface area contributed by atoms with Crippen LogP contribution in [0.1, 0.15) is 17.4 Å². The summed E-state index contributed by atoms with van der Waals surface area (Å²) in [5, 5.41) is 2.26. The van der Waals surface area contributed by atoms with Crippen LogP contribution in [0.5, 0.6) is 0 Å². The van der Waals surface area contributed by atoms with Crippen LogP contribution in [0.15, 0.2) is 10.9 Å². The summed E-state index contributed by atoms with van der Waals surface area (Å²) in [6, 6.07) is 1.04. The zero-order chi connectivity index (χ0) is 9.84. The van der Waals surface area contributed by atoms with E-state index in [-0.39, 0.29) is 17.5 Å². The van der Waals surface area contributed by atoms with Gasteiger partial charge in [0.2, 0.25) is 11.9 Å². The van der Waals surface area contributed by atoms with Gasteiger partial charge in [-0.3, -0.25) is 24.7 Å².